The van der Waals surface area contributed by atoms with E-state index in [-0.39, 0.29) is 17.0 Å². The van der Waals surface area contributed by atoms with Gasteiger partial charge >= 0.3 is 5.92 Å². The van der Waals surface area contributed by atoms with Crippen molar-refractivity contribution in [3.63, 3.8) is 0 Å². The second-order valence-corrected chi connectivity index (χ2v) is 5.83. The van der Waals surface area contributed by atoms with Crippen LogP contribution in [0.4, 0.5) is 8.78 Å². The summed E-state index contributed by atoms with van der Waals surface area (Å²) in [4.78, 5) is 17.1. The normalized spacial score (nSPS) is 12.8. The highest BCUT2D eigenvalue weighted by atomic mass is 19.3. The van der Waals surface area contributed by atoms with Crippen LogP contribution in [0.15, 0.2) is 48.1 Å². The number of alkyl halides is 2. The lowest BCUT2D eigenvalue weighted by atomic mass is 10.1. The molecule has 2 rings (SSSR count). The number of aromatic nitrogens is 4. The van der Waals surface area contributed by atoms with Crippen LogP contribution in [0.5, 0.6) is 0 Å². The third-order valence-electron chi connectivity index (χ3n) is 3.98. The van der Waals surface area contributed by atoms with Crippen molar-refractivity contribution in [3.8, 4) is 11.3 Å². The van der Waals surface area contributed by atoms with E-state index in [2.05, 4.69) is 16.7 Å². The minimum Gasteiger partial charge on any atom is -0.275 e. The Kier molecular flexibility index (Phi) is 5.69. The molecule has 0 aromatic carbocycles. The van der Waals surface area contributed by atoms with Gasteiger partial charge in [-0.15, -0.1) is 0 Å². The maximum absolute atomic E-state index is 14.7. The van der Waals surface area contributed by atoms with Gasteiger partial charge in [-0.2, -0.15) is 13.9 Å². The zero-order valence-corrected chi connectivity index (χ0v) is 15.3. The van der Waals surface area contributed by atoms with Gasteiger partial charge in [-0.3, -0.25) is 14.0 Å². The molecule has 5 nitrogen and oxygen atoms in total. The van der Waals surface area contributed by atoms with Gasteiger partial charge in [-0.05, 0) is 26.0 Å². The summed E-state index contributed by atoms with van der Waals surface area (Å²) in [6.07, 6.45) is 8.95. The molecule has 0 aliphatic heterocycles. The molecule has 0 spiro atoms. The predicted molar refractivity (Wildman–Crippen MR) is 98.9 cm³/mol. The van der Waals surface area contributed by atoms with E-state index in [4.69, 9.17) is 0 Å². The topological polar surface area (TPSA) is 52.7 Å². The van der Waals surface area contributed by atoms with Crippen molar-refractivity contribution in [1.82, 2.24) is 19.3 Å². The summed E-state index contributed by atoms with van der Waals surface area (Å²) in [5.74, 6) is -3.88. The zero-order valence-electron chi connectivity index (χ0n) is 15.3. The van der Waals surface area contributed by atoms with Crippen LogP contribution < -0.4 is 5.56 Å². The van der Waals surface area contributed by atoms with Gasteiger partial charge in [0, 0.05) is 30.8 Å². The Bertz CT molecular complexity index is 936. The highest BCUT2D eigenvalue weighted by Gasteiger charge is 2.36. The van der Waals surface area contributed by atoms with Crippen molar-refractivity contribution in [3.05, 3.63) is 65.0 Å². The molecule has 0 radical (unpaired) electrons. The van der Waals surface area contributed by atoms with E-state index in [0.29, 0.717) is 5.56 Å². The Labute approximate surface area is 151 Å². The molecule has 0 atom stereocenters. The van der Waals surface area contributed by atoms with Gasteiger partial charge < -0.3 is 0 Å². The molecule has 2 heterocycles. The Morgan fingerprint density at radius 2 is 2.12 bits per heavy atom. The summed E-state index contributed by atoms with van der Waals surface area (Å²) < 4.78 is 31.8. The second-order valence-electron chi connectivity index (χ2n) is 5.83. The summed E-state index contributed by atoms with van der Waals surface area (Å²) in [6.45, 7) is 8.35. The molecule has 0 N–H and O–H groups in total. The highest BCUT2D eigenvalue weighted by Crippen LogP contribution is 2.32. The van der Waals surface area contributed by atoms with Crippen LogP contribution in [-0.2, 0) is 13.0 Å². The molecule has 0 saturated carbocycles. The molecule has 0 unspecified atom stereocenters. The first kappa shape index (κ1) is 19.5. The first-order valence-electron chi connectivity index (χ1n) is 8.23. The molecule has 0 saturated heterocycles. The van der Waals surface area contributed by atoms with Gasteiger partial charge in [0.1, 0.15) is 0 Å². The number of halogens is 2. The number of rotatable bonds is 6. The first-order chi connectivity index (χ1) is 12.3. The van der Waals surface area contributed by atoms with Crippen molar-refractivity contribution >= 4 is 5.70 Å². The van der Waals surface area contributed by atoms with Crippen LogP contribution in [0.1, 0.15) is 31.7 Å². The van der Waals surface area contributed by atoms with E-state index < -0.39 is 23.7 Å². The third kappa shape index (κ3) is 3.56. The van der Waals surface area contributed by atoms with Crippen molar-refractivity contribution in [2.45, 2.75) is 33.1 Å². The second kappa shape index (κ2) is 7.59. The standard InChI is InChI=1S/C19H22F2N4O/c1-6-9-10-15(7-2)25-17(26)13(4)16(14-11-22-24(5)12-14)23-18(25)19(20,21)8-3/h6-7,9-12H,2,8H2,1,3-5H3/b9-6-,15-10+. The summed E-state index contributed by atoms with van der Waals surface area (Å²) in [5, 5.41) is 4.03. The van der Waals surface area contributed by atoms with E-state index in [1.54, 1.807) is 45.3 Å². The quantitative estimate of drug-likeness (QED) is 0.730. The molecule has 2 aromatic rings. The minimum atomic E-state index is -3.28. The Hall–Kier alpha value is -2.83. The van der Waals surface area contributed by atoms with E-state index in [1.807, 2.05) is 0 Å². The molecule has 26 heavy (non-hydrogen) atoms. The Morgan fingerprint density at radius 1 is 1.42 bits per heavy atom. The molecule has 2 aromatic heterocycles. The van der Waals surface area contributed by atoms with Crippen LogP contribution in [0, 0.1) is 6.92 Å². The van der Waals surface area contributed by atoms with E-state index in [1.165, 1.54) is 23.9 Å². The summed E-state index contributed by atoms with van der Waals surface area (Å²) in [7, 11) is 1.71. The maximum atomic E-state index is 14.7. The Balaban J connectivity index is 2.90. The van der Waals surface area contributed by atoms with Crippen LogP contribution in [0.25, 0.3) is 17.0 Å². The number of hydrogen-bond donors (Lipinski definition) is 0. The van der Waals surface area contributed by atoms with Gasteiger partial charge in [0.25, 0.3) is 5.56 Å². The highest BCUT2D eigenvalue weighted by molar-refractivity contribution is 5.64. The Morgan fingerprint density at radius 3 is 2.62 bits per heavy atom. The monoisotopic (exact) mass is 360 g/mol. The molecular weight excluding hydrogens is 338 g/mol. The SMILES string of the molecule is C=C/C(=C\C=C/C)n1c(C(F)(F)CC)nc(-c2cnn(C)c2)c(C)c1=O. The molecular formula is C19H22F2N4O. The van der Waals surface area contributed by atoms with Gasteiger partial charge in [0.15, 0.2) is 5.82 Å². The fraction of sp³-hybridized carbons (Fsp3) is 0.316. The fourth-order valence-electron chi connectivity index (χ4n) is 2.50. The lowest BCUT2D eigenvalue weighted by molar-refractivity contribution is -0.0198. The number of nitrogens with zero attached hydrogens (tertiary/aromatic N) is 4. The summed E-state index contributed by atoms with van der Waals surface area (Å²) >= 11 is 0. The average Bonchev–Trinajstić information content (AvgIpc) is 3.04. The molecule has 0 aliphatic carbocycles. The van der Waals surface area contributed by atoms with Crippen LogP contribution in [0.3, 0.4) is 0 Å². The van der Waals surface area contributed by atoms with Crippen molar-refractivity contribution in [2.75, 3.05) is 0 Å². The lowest BCUT2D eigenvalue weighted by Gasteiger charge is -2.21. The molecule has 138 valence electrons. The van der Waals surface area contributed by atoms with E-state index in [9.17, 15) is 13.6 Å². The lowest BCUT2D eigenvalue weighted by Crippen LogP contribution is -2.32. The number of aryl methyl sites for hydroxylation is 1. The molecule has 0 fully saturated rings. The largest absolute Gasteiger partial charge is 0.305 e. The first-order valence-corrected chi connectivity index (χ1v) is 8.23. The maximum Gasteiger partial charge on any atom is 0.305 e. The van der Waals surface area contributed by atoms with Gasteiger partial charge in [0.2, 0.25) is 0 Å². The van der Waals surface area contributed by atoms with Gasteiger partial charge in [-0.25, -0.2) is 4.98 Å². The smallest absolute Gasteiger partial charge is 0.275 e. The fourth-order valence-corrected chi connectivity index (χ4v) is 2.50. The molecule has 7 heteroatoms. The average molecular weight is 360 g/mol. The third-order valence-corrected chi connectivity index (χ3v) is 3.98. The summed E-state index contributed by atoms with van der Waals surface area (Å²) in [6, 6.07) is 0. The molecule has 0 amide bonds. The summed E-state index contributed by atoms with van der Waals surface area (Å²) in [5.41, 5.74) is 0.668. The van der Waals surface area contributed by atoms with Crippen LogP contribution in [0.2, 0.25) is 0 Å². The number of hydrogen-bond acceptors (Lipinski definition) is 3. The van der Waals surface area contributed by atoms with E-state index >= 15 is 0 Å². The van der Waals surface area contributed by atoms with Gasteiger partial charge in [-0.1, -0.05) is 25.7 Å². The van der Waals surface area contributed by atoms with Crippen molar-refractivity contribution < 1.29 is 8.78 Å². The van der Waals surface area contributed by atoms with Crippen LogP contribution in [-0.4, -0.2) is 19.3 Å². The molecule has 0 bridgehead atoms. The van der Waals surface area contributed by atoms with Crippen LogP contribution >= 0.6 is 0 Å². The zero-order chi connectivity index (χ0) is 19.5. The molecule has 0 aliphatic rings. The minimum absolute atomic E-state index is 0.205. The van der Waals surface area contributed by atoms with Gasteiger partial charge in [0.05, 0.1) is 17.6 Å². The predicted octanol–water partition coefficient (Wildman–Crippen LogP) is 4.06. The number of allylic oxidation sites excluding steroid dienone is 5. The van der Waals surface area contributed by atoms with Crippen molar-refractivity contribution in [1.29, 1.82) is 0 Å². The van der Waals surface area contributed by atoms with E-state index in [0.717, 1.165) is 4.57 Å². The van der Waals surface area contributed by atoms with Crippen molar-refractivity contribution in [2.24, 2.45) is 7.05 Å².